The molecule has 3 rings (SSSR count). The number of anilines is 1. The van der Waals surface area contributed by atoms with Crippen LogP contribution in [0.15, 0.2) is 33.6 Å². The number of fused-ring (bicyclic) bond motifs is 1. The minimum absolute atomic E-state index is 0.147. The summed E-state index contributed by atoms with van der Waals surface area (Å²) in [6.07, 6.45) is 4.27. The third-order valence-corrected chi connectivity index (χ3v) is 5.72. The van der Waals surface area contributed by atoms with Crippen molar-refractivity contribution in [1.29, 1.82) is 0 Å². The fourth-order valence-electron chi connectivity index (χ4n) is 2.62. The number of thioether (sulfide) groups is 1. The Morgan fingerprint density at radius 2 is 2.00 bits per heavy atom. The molecule has 4 nitrogen and oxygen atoms in total. The number of sulfonamides is 1. The highest BCUT2D eigenvalue weighted by Crippen LogP contribution is 2.54. The topological polar surface area (TPSA) is 49.7 Å². The molecule has 0 unspecified atom stereocenters. The average Bonchev–Trinajstić information content (AvgIpc) is 2.29. The van der Waals surface area contributed by atoms with Gasteiger partial charge in [-0.1, -0.05) is 12.1 Å². The summed E-state index contributed by atoms with van der Waals surface area (Å²) >= 11 is 1.76. The Morgan fingerprint density at radius 3 is 2.58 bits per heavy atom. The molecule has 1 aromatic carbocycles. The van der Waals surface area contributed by atoms with Crippen molar-refractivity contribution >= 4 is 33.3 Å². The number of benzene rings is 1. The third kappa shape index (κ3) is 2.17. The zero-order chi connectivity index (χ0) is 13.7. The normalized spacial score (nSPS) is 23.3. The molecule has 0 N–H and O–H groups in total. The predicted molar refractivity (Wildman–Crippen MR) is 79.6 cm³/mol. The second-order valence-electron chi connectivity index (χ2n) is 5.12. The van der Waals surface area contributed by atoms with Crippen LogP contribution in [0.4, 0.5) is 5.69 Å². The third-order valence-electron chi connectivity index (χ3n) is 3.67. The number of nitrogens with zero attached hydrogens (tertiary/aromatic N) is 2. The first-order valence-corrected chi connectivity index (χ1v) is 8.90. The molecule has 0 saturated heterocycles. The first-order valence-electron chi connectivity index (χ1n) is 6.23. The number of hydrogen-bond donors (Lipinski definition) is 0. The van der Waals surface area contributed by atoms with Crippen LogP contribution in [0.5, 0.6) is 0 Å². The van der Waals surface area contributed by atoms with Crippen LogP contribution in [-0.2, 0) is 10.0 Å². The molecule has 0 atom stereocenters. The first kappa shape index (κ1) is 13.0. The van der Waals surface area contributed by atoms with E-state index in [0.717, 1.165) is 31.2 Å². The van der Waals surface area contributed by atoms with Crippen molar-refractivity contribution in [1.82, 2.24) is 0 Å². The minimum atomic E-state index is -3.37. The van der Waals surface area contributed by atoms with E-state index < -0.39 is 10.0 Å². The standard InChI is InChI=1S/C13H16N2O2S2/c1-15-10-6-3-4-7-11(10)18-13(8-5-9-13)12(15)14-19(2,16)17/h3-4,6-7H,5,8-9H2,1-2H3. The Kier molecular flexibility index (Phi) is 2.90. The van der Waals surface area contributed by atoms with Gasteiger partial charge in [0.1, 0.15) is 5.84 Å². The van der Waals surface area contributed by atoms with Gasteiger partial charge < -0.3 is 4.90 Å². The lowest BCUT2D eigenvalue weighted by atomic mass is 9.82. The van der Waals surface area contributed by atoms with Crippen molar-refractivity contribution in [2.75, 3.05) is 18.2 Å². The SMILES string of the molecule is CN1C(=NS(C)(=O)=O)C2(CCC2)Sc2ccccc21. The Morgan fingerprint density at radius 1 is 1.32 bits per heavy atom. The van der Waals surface area contributed by atoms with Gasteiger partial charge in [-0.25, -0.2) is 8.42 Å². The van der Waals surface area contributed by atoms with E-state index in [1.807, 2.05) is 30.1 Å². The van der Waals surface area contributed by atoms with E-state index in [0.29, 0.717) is 5.84 Å². The van der Waals surface area contributed by atoms with Crippen LogP contribution in [0.2, 0.25) is 0 Å². The molecule has 1 heterocycles. The zero-order valence-electron chi connectivity index (χ0n) is 11.0. The average molecular weight is 296 g/mol. The van der Waals surface area contributed by atoms with Gasteiger partial charge in [-0.15, -0.1) is 16.2 Å². The van der Waals surface area contributed by atoms with E-state index in [1.54, 1.807) is 11.8 Å². The van der Waals surface area contributed by atoms with Gasteiger partial charge in [0.05, 0.1) is 16.7 Å². The summed E-state index contributed by atoms with van der Waals surface area (Å²) in [7, 11) is -1.47. The molecule has 1 aromatic rings. The maximum atomic E-state index is 11.6. The first-order chi connectivity index (χ1) is 8.91. The number of amidine groups is 1. The number of hydrogen-bond acceptors (Lipinski definition) is 3. The van der Waals surface area contributed by atoms with Crippen molar-refractivity contribution in [3.8, 4) is 0 Å². The van der Waals surface area contributed by atoms with Crippen LogP contribution in [-0.4, -0.2) is 32.3 Å². The number of rotatable bonds is 1. The van der Waals surface area contributed by atoms with E-state index in [4.69, 9.17) is 0 Å². The summed E-state index contributed by atoms with van der Waals surface area (Å²) in [6.45, 7) is 0. The van der Waals surface area contributed by atoms with Gasteiger partial charge >= 0.3 is 0 Å². The quantitative estimate of drug-likeness (QED) is 0.799. The van der Waals surface area contributed by atoms with Crippen molar-refractivity contribution in [2.24, 2.45) is 4.40 Å². The van der Waals surface area contributed by atoms with E-state index in [-0.39, 0.29) is 4.75 Å². The largest absolute Gasteiger partial charge is 0.330 e. The smallest absolute Gasteiger partial charge is 0.251 e. The maximum absolute atomic E-state index is 11.6. The molecule has 1 saturated carbocycles. The summed E-state index contributed by atoms with van der Waals surface area (Å²) in [5.74, 6) is 0.685. The molecule has 1 aliphatic heterocycles. The summed E-state index contributed by atoms with van der Waals surface area (Å²) in [4.78, 5) is 3.14. The van der Waals surface area contributed by atoms with Crippen molar-refractivity contribution in [3.05, 3.63) is 24.3 Å². The van der Waals surface area contributed by atoms with Gasteiger partial charge in [0.2, 0.25) is 0 Å². The molecule has 19 heavy (non-hydrogen) atoms. The van der Waals surface area contributed by atoms with Gasteiger partial charge in [0, 0.05) is 11.9 Å². The minimum Gasteiger partial charge on any atom is -0.330 e. The van der Waals surface area contributed by atoms with Crippen LogP contribution >= 0.6 is 11.8 Å². The maximum Gasteiger partial charge on any atom is 0.251 e. The summed E-state index contributed by atoms with van der Waals surface area (Å²) < 4.78 is 27.0. The lowest BCUT2D eigenvalue weighted by molar-refractivity contribution is 0.449. The molecule has 0 aromatic heterocycles. The van der Waals surface area contributed by atoms with E-state index in [1.165, 1.54) is 4.90 Å². The van der Waals surface area contributed by atoms with Crippen LogP contribution < -0.4 is 4.90 Å². The van der Waals surface area contributed by atoms with Crippen molar-refractivity contribution in [3.63, 3.8) is 0 Å². The Hall–Kier alpha value is -1.01. The van der Waals surface area contributed by atoms with Gasteiger partial charge in [0.25, 0.3) is 10.0 Å². The van der Waals surface area contributed by atoms with E-state index in [9.17, 15) is 8.42 Å². The molecule has 0 bridgehead atoms. The summed E-state index contributed by atoms with van der Waals surface area (Å²) in [6, 6.07) is 8.08. The summed E-state index contributed by atoms with van der Waals surface area (Å²) in [5, 5.41) is 0. The molecule has 1 aliphatic carbocycles. The molecular formula is C13H16N2O2S2. The Balaban J connectivity index is 2.15. The van der Waals surface area contributed by atoms with Crippen LogP contribution in [0.1, 0.15) is 19.3 Å². The van der Waals surface area contributed by atoms with E-state index in [2.05, 4.69) is 10.5 Å². The van der Waals surface area contributed by atoms with Gasteiger partial charge in [-0.2, -0.15) is 0 Å². The molecular weight excluding hydrogens is 280 g/mol. The molecule has 0 amide bonds. The molecule has 6 heteroatoms. The predicted octanol–water partition coefficient (Wildman–Crippen LogP) is 2.51. The fourth-order valence-corrected chi connectivity index (χ4v) is 4.93. The lowest BCUT2D eigenvalue weighted by Gasteiger charge is -2.48. The van der Waals surface area contributed by atoms with Crippen LogP contribution in [0.3, 0.4) is 0 Å². The van der Waals surface area contributed by atoms with Crippen LogP contribution in [0.25, 0.3) is 0 Å². The number of para-hydroxylation sites is 1. The van der Waals surface area contributed by atoms with Gasteiger partial charge in [-0.3, -0.25) is 0 Å². The fraction of sp³-hybridized carbons (Fsp3) is 0.462. The highest BCUT2D eigenvalue weighted by Gasteiger charge is 2.48. The van der Waals surface area contributed by atoms with Crippen LogP contribution in [0, 0.1) is 0 Å². The monoisotopic (exact) mass is 296 g/mol. The zero-order valence-corrected chi connectivity index (χ0v) is 12.6. The Bertz CT molecular complexity index is 648. The Labute approximate surface area is 118 Å². The molecule has 1 spiro atoms. The molecule has 1 fully saturated rings. The van der Waals surface area contributed by atoms with Crippen molar-refractivity contribution < 1.29 is 8.42 Å². The molecule has 2 aliphatic rings. The molecule has 0 radical (unpaired) electrons. The lowest BCUT2D eigenvalue weighted by Crippen LogP contribution is -2.52. The summed E-state index contributed by atoms with van der Waals surface area (Å²) in [5.41, 5.74) is 1.03. The van der Waals surface area contributed by atoms with Gasteiger partial charge in [-0.05, 0) is 31.4 Å². The van der Waals surface area contributed by atoms with E-state index >= 15 is 0 Å². The second-order valence-corrected chi connectivity index (χ2v) is 8.20. The highest BCUT2D eigenvalue weighted by molar-refractivity contribution is 8.02. The molecule has 102 valence electrons. The second kappa shape index (κ2) is 4.24. The highest BCUT2D eigenvalue weighted by atomic mass is 32.2. The van der Waals surface area contributed by atoms with Gasteiger partial charge in [0.15, 0.2) is 0 Å². The van der Waals surface area contributed by atoms with Crippen molar-refractivity contribution in [2.45, 2.75) is 28.9 Å².